The highest BCUT2D eigenvalue weighted by molar-refractivity contribution is 7.04. The highest BCUT2D eigenvalue weighted by Gasteiger charge is 2.29. The van der Waals surface area contributed by atoms with Gasteiger partial charge in [0.2, 0.25) is 0 Å². The van der Waals surface area contributed by atoms with E-state index in [1.54, 1.807) is 12.1 Å². The van der Waals surface area contributed by atoms with Crippen LogP contribution in [0.2, 0.25) is 13.1 Å². The van der Waals surface area contributed by atoms with Crippen molar-refractivity contribution in [1.29, 1.82) is 0 Å². The standard InChI is InChI=1S/C17H17FSi/c1-4-17(14-10-12-15(18)13-11-14)19(2,3)16-8-6-5-7-9-16/h5-13H,1H2,2-3H3. The first kappa shape index (κ1) is 13.5. The normalized spacial score (nSPS) is 10.9. The van der Waals surface area contributed by atoms with Crippen LogP contribution in [0.25, 0.3) is 5.20 Å². The van der Waals surface area contributed by atoms with Gasteiger partial charge in [0, 0.05) is 0 Å². The van der Waals surface area contributed by atoms with Gasteiger partial charge in [-0.1, -0.05) is 67.3 Å². The van der Waals surface area contributed by atoms with E-state index < -0.39 is 8.07 Å². The van der Waals surface area contributed by atoms with Crippen molar-refractivity contribution in [3.8, 4) is 0 Å². The molecule has 0 saturated carbocycles. The van der Waals surface area contributed by atoms with Gasteiger partial charge in [-0.05, 0) is 22.9 Å². The van der Waals surface area contributed by atoms with Gasteiger partial charge < -0.3 is 0 Å². The van der Waals surface area contributed by atoms with Gasteiger partial charge in [0.15, 0.2) is 0 Å². The molecular weight excluding hydrogens is 251 g/mol. The molecule has 2 heteroatoms. The van der Waals surface area contributed by atoms with Crippen LogP contribution in [-0.2, 0) is 0 Å². The molecule has 0 heterocycles. The quantitative estimate of drug-likeness (QED) is 0.579. The van der Waals surface area contributed by atoms with E-state index in [-0.39, 0.29) is 5.82 Å². The Morgan fingerprint density at radius 3 is 2.11 bits per heavy atom. The predicted molar refractivity (Wildman–Crippen MR) is 82.5 cm³/mol. The molecule has 2 aromatic carbocycles. The Morgan fingerprint density at radius 1 is 1.00 bits per heavy atom. The second-order valence-corrected chi connectivity index (χ2v) is 9.38. The van der Waals surface area contributed by atoms with Crippen molar-refractivity contribution in [2.75, 3.05) is 0 Å². The van der Waals surface area contributed by atoms with Crippen LogP contribution >= 0.6 is 0 Å². The van der Waals surface area contributed by atoms with Crippen LogP contribution < -0.4 is 5.19 Å². The van der Waals surface area contributed by atoms with Crippen molar-refractivity contribution in [2.24, 2.45) is 0 Å². The number of rotatable bonds is 3. The molecule has 0 aliphatic carbocycles. The van der Waals surface area contributed by atoms with Crippen molar-refractivity contribution in [1.82, 2.24) is 0 Å². The van der Waals surface area contributed by atoms with Gasteiger partial charge in [0.25, 0.3) is 0 Å². The maximum Gasteiger partial charge on any atom is 0.123 e. The Hall–Kier alpha value is -1.89. The molecular formula is C17H17FSi. The molecule has 2 aromatic rings. The summed E-state index contributed by atoms with van der Waals surface area (Å²) < 4.78 is 13.0. The monoisotopic (exact) mass is 268 g/mol. The maximum atomic E-state index is 13.0. The van der Waals surface area contributed by atoms with Crippen molar-refractivity contribution in [3.05, 3.63) is 78.3 Å². The van der Waals surface area contributed by atoms with Gasteiger partial charge in [0.05, 0.1) is 0 Å². The Labute approximate surface area is 114 Å². The minimum absolute atomic E-state index is 0.216. The third kappa shape index (κ3) is 2.76. The summed E-state index contributed by atoms with van der Waals surface area (Å²) in [6, 6.07) is 17.0. The Bertz CT molecular complexity index is 605. The fourth-order valence-corrected chi connectivity index (χ4v) is 4.94. The lowest BCUT2D eigenvalue weighted by molar-refractivity contribution is 0.627. The number of benzene rings is 2. The van der Waals surface area contributed by atoms with E-state index in [2.05, 4.69) is 49.7 Å². The molecule has 0 aliphatic rings. The van der Waals surface area contributed by atoms with Crippen LogP contribution in [0.3, 0.4) is 0 Å². The molecule has 0 saturated heterocycles. The topological polar surface area (TPSA) is 0 Å². The molecule has 0 N–H and O–H groups in total. The van der Waals surface area contributed by atoms with E-state index in [4.69, 9.17) is 0 Å². The van der Waals surface area contributed by atoms with Gasteiger partial charge in [-0.15, -0.1) is 5.73 Å². The molecule has 0 nitrogen and oxygen atoms in total. The molecule has 2 rings (SSSR count). The first-order valence-corrected chi connectivity index (χ1v) is 9.27. The zero-order valence-corrected chi connectivity index (χ0v) is 12.3. The van der Waals surface area contributed by atoms with Gasteiger partial charge >= 0.3 is 0 Å². The van der Waals surface area contributed by atoms with E-state index in [9.17, 15) is 4.39 Å². The summed E-state index contributed by atoms with van der Waals surface area (Å²) in [5.41, 5.74) is 4.09. The van der Waals surface area contributed by atoms with Gasteiger partial charge in [-0.25, -0.2) is 4.39 Å². The molecule has 0 amide bonds. The molecule has 19 heavy (non-hydrogen) atoms. The fourth-order valence-electron chi connectivity index (χ4n) is 2.30. The first-order valence-electron chi connectivity index (χ1n) is 6.27. The van der Waals surface area contributed by atoms with Crippen LogP contribution in [0.1, 0.15) is 5.56 Å². The zero-order chi connectivity index (χ0) is 13.9. The van der Waals surface area contributed by atoms with Gasteiger partial charge in [-0.3, -0.25) is 0 Å². The second kappa shape index (κ2) is 5.39. The summed E-state index contributed by atoms with van der Waals surface area (Å²) in [5.74, 6) is -0.216. The van der Waals surface area contributed by atoms with Crippen LogP contribution in [0.5, 0.6) is 0 Å². The molecule has 0 spiro atoms. The summed E-state index contributed by atoms with van der Waals surface area (Å²) >= 11 is 0. The van der Waals surface area contributed by atoms with Gasteiger partial charge in [-0.2, -0.15) is 0 Å². The molecule has 96 valence electrons. The largest absolute Gasteiger partial charge is 0.207 e. The lowest BCUT2D eigenvalue weighted by Gasteiger charge is -2.25. The fraction of sp³-hybridized carbons (Fsp3) is 0.118. The van der Waals surface area contributed by atoms with Crippen molar-refractivity contribution in [3.63, 3.8) is 0 Å². The predicted octanol–water partition coefficient (Wildman–Crippen LogP) is 4.15. The molecule has 0 aromatic heterocycles. The molecule has 0 fully saturated rings. The summed E-state index contributed by atoms with van der Waals surface area (Å²) in [7, 11) is -1.85. The van der Waals surface area contributed by atoms with Crippen LogP contribution in [0.15, 0.2) is 66.9 Å². The van der Waals surface area contributed by atoms with Gasteiger partial charge in [0.1, 0.15) is 13.9 Å². The molecule has 0 unspecified atom stereocenters. The summed E-state index contributed by atoms with van der Waals surface area (Å²) in [6.07, 6.45) is 0. The second-order valence-electron chi connectivity index (χ2n) is 5.05. The van der Waals surface area contributed by atoms with E-state index in [0.29, 0.717) is 0 Å². The smallest absolute Gasteiger partial charge is 0.123 e. The van der Waals surface area contributed by atoms with Crippen LogP contribution in [-0.4, -0.2) is 8.07 Å². The number of halogens is 1. The molecule has 0 aliphatic heterocycles. The van der Waals surface area contributed by atoms with E-state index in [1.165, 1.54) is 17.3 Å². The minimum atomic E-state index is -1.85. The first-order chi connectivity index (χ1) is 9.05. The Morgan fingerprint density at radius 2 is 1.58 bits per heavy atom. The van der Waals surface area contributed by atoms with Crippen LogP contribution in [0.4, 0.5) is 4.39 Å². The Kier molecular flexibility index (Phi) is 3.84. The van der Waals surface area contributed by atoms with E-state index >= 15 is 0 Å². The van der Waals surface area contributed by atoms with Crippen molar-refractivity contribution in [2.45, 2.75) is 13.1 Å². The van der Waals surface area contributed by atoms with Crippen LogP contribution in [0, 0.1) is 5.82 Å². The van der Waals surface area contributed by atoms with Crippen molar-refractivity contribution < 1.29 is 4.39 Å². The summed E-state index contributed by atoms with van der Waals surface area (Å²) in [5, 5.41) is 2.43. The Balaban J connectivity index is 2.48. The zero-order valence-electron chi connectivity index (χ0n) is 11.3. The minimum Gasteiger partial charge on any atom is -0.207 e. The third-order valence-corrected chi connectivity index (χ3v) is 6.92. The maximum absolute atomic E-state index is 13.0. The highest BCUT2D eigenvalue weighted by Crippen LogP contribution is 2.25. The third-order valence-electron chi connectivity index (χ3n) is 3.43. The summed E-state index contributed by atoms with van der Waals surface area (Å²) in [4.78, 5) is 0. The average molecular weight is 268 g/mol. The molecule has 0 radical (unpaired) electrons. The lowest BCUT2D eigenvalue weighted by atomic mass is 10.2. The van der Waals surface area contributed by atoms with E-state index in [1.807, 2.05) is 6.07 Å². The lowest BCUT2D eigenvalue weighted by Crippen LogP contribution is -2.42. The number of hydrogen-bond donors (Lipinski definition) is 0. The highest BCUT2D eigenvalue weighted by atomic mass is 28.3. The SMILES string of the molecule is C=C=C(c1ccc(F)cc1)[Si](C)(C)c1ccccc1. The van der Waals surface area contributed by atoms with E-state index in [0.717, 1.165) is 10.8 Å². The average Bonchev–Trinajstić information content (AvgIpc) is 2.42. The summed E-state index contributed by atoms with van der Waals surface area (Å²) in [6.45, 7) is 8.36. The molecule has 0 bridgehead atoms. The van der Waals surface area contributed by atoms with Crippen molar-refractivity contribution >= 4 is 18.5 Å². The molecule has 0 atom stereocenters. The number of hydrogen-bond acceptors (Lipinski definition) is 0.